The highest BCUT2D eigenvalue weighted by molar-refractivity contribution is 8.26. The Balaban J connectivity index is 0.00000130. The molecule has 0 spiro atoms. The molecule has 2 aromatic rings. The zero-order valence-corrected chi connectivity index (χ0v) is 26.6. The van der Waals surface area contributed by atoms with E-state index in [1.54, 1.807) is 29.2 Å². The minimum absolute atomic E-state index is 0.224. The van der Waals surface area contributed by atoms with Gasteiger partial charge in [0.1, 0.15) is 16.7 Å². The van der Waals surface area contributed by atoms with Crippen LogP contribution in [0, 0.1) is 5.82 Å². The third-order valence-electron chi connectivity index (χ3n) is 6.95. The fraction of sp³-hybridized carbons (Fsp3) is 0.375. The number of carboxylic acids is 2. The Hall–Kier alpha value is -4.10. The van der Waals surface area contributed by atoms with E-state index >= 15 is 0 Å². The molecule has 2 heterocycles. The van der Waals surface area contributed by atoms with Crippen LogP contribution in [0.25, 0.3) is 5.57 Å². The summed E-state index contributed by atoms with van der Waals surface area (Å²) >= 11 is 6.62. The third kappa shape index (κ3) is 10.5. The number of para-hydroxylation sites is 1. The summed E-state index contributed by atoms with van der Waals surface area (Å²) in [6, 6.07) is 12.4. The van der Waals surface area contributed by atoms with Gasteiger partial charge in [0.05, 0.1) is 16.2 Å². The quantitative estimate of drug-likeness (QED) is 0.125. The van der Waals surface area contributed by atoms with Crippen LogP contribution in [0.4, 0.5) is 15.8 Å². The largest absolute Gasteiger partial charge is 0.481 e. The maximum absolute atomic E-state index is 13.6. The van der Waals surface area contributed by atoms with E-state index in [0.29, 0.717) is 34.2 Å². The molecule has 0 atom stereocenters. The summed E-state index contributed by atoms with van der Waals surface area (Å²) in [5.74, 6) is -3.19. The van der Waals surface area contributed by atoms with Crippen molar-refractivity contribution >= 4 is 74.9 Å². The number of carbonyl (C=O) groups excluding carboxylic acids is 3. The summed E-state index contributed by atoms with van der Waals surface area (Å²) in [6.45, 7) is 1.29. The number of thioether (sulfide) groups is 1. The number of amides is 3. The Bertz CT molecular complexity index is 1460. The highest BCUT2D eigenvalue weighted by Crippen LogP contribution is 2.44. The number of fused-ring (bicyclic) bond motifs is 1. The molecule has 3 N–H and O–H groups in total. The number of rotatable bonds is 14. The SMILES string of the molecule is CC(=O)O.O=C(O)CCCCCCCCCCN1C(=O)/C(=C2/C(=O)N(CC(=O)Nc3ccc(F)cc3)c3ccccc32)SC1=S. The van der Waals surface area contributed by atoms with Crippen molar-refractivity contribution in [2.24, 2.45) is 0 Å². The number of halogens is 1. The van der Waals surface area contributed by atoms with Gasteiger partial charge in [0.15, 0.2) is 0 Å². The second-order valence-electron chi connectivity index (χ2n) is 10.5. The van der Waals surface area contributed by atoms with Gasteiger partial charge in [-0.05, 0) is 43.2 Å². The number of aliphatic carboxylic acids is 2. The normalized spacial score (nSPS) is 15.6. The first-order valence-electron chi connectivity index (χ1n) is 14.7. The van der Waals surface area contributed by atoms with E-state index in [1.807, 2.05) is 0 Å². The first kappa shape index (κ1) is 35.4. The van der Waals surface area contributed by atoms with Gasteiger partial charge in [-0.2, -0.15) is 0 Å². The van der Waals surface area contributed by atoms with Crippen molar-refractivity contribution in [3.05, 3.63) is 64.8 Å². The van der Waals surface area contributed by atoms with Gasteiger partial charge < -0.3 is 15.5 Å². The topological polar surface area (TPSA) is 144 Å². The van der Waals surface area contributed by atoms with Crippen LogP contribution in [0.5, 0.6) is 0 Å². The lowest BCUT2D eigenvalue weighted by Gasteiger charge is -2.17. The lowest BCUT2D eigenvalue weighted by molar-refractivity contribution is -0.137. The van der Waals surface area contributed by atoms with E-state index in [9.17, 15) is 23.6 Å². The summed E-state index contributed by atoms with van der Waals surface area (Å²) in [4.78, 5) is 62.5. The molecular formula is C32H36FN3O7S2. The molecule has 0 aromatic heterocycles. The Kier molecular flexibility index (Phi) is 13.7. The van der Waals surface area contributed by atoms with Crippen molar-refractivity contribution in [1.82, 2.24) is 4.90 Å². The van der Waals surface area contributed by atoms with Gasteiger partial charge in [-0.15, -0.1) is 0 Å². The fourth-order valence-corrected chi connectivity index (χ4v) is 6.26. The molecular weight excluding hydrogens is 621 g/mol. The van der Waals surface area contributed by atoms with Crippen molar-refractivity contribution in [2.75, 3.05) is 23.3 Å². The molecule has 4 rings (SSSR count). The van der Waals surface area contributed by atoms with Crippen LogP contribution < -0.4 is 10.2 Å². The minimum atomic E-state index is -0.833. The second kappa shape index (κ2) is 17.4. The van der Waals surface area contributed by atoms with Crippen molar-refractivity contribution < 1.29 is 38.6 Å². The Labute approximate surface area is 270 Å². The molecule has 0 bridgehead atoms. The van der Waals surface area contributed by atoms with Crippen molar-refractivity contribution in [1.29, 1.82) is 0 Å². The average molecular weight is 658 g/mol. The van der Waals surface area contributed by atoms with Crippen LogP contribution in [0.15, 0.2) is 53.4 Å². The van der Waals surface area contributed by atoms with Crippen LogP contribution in [0.1, 0.15) is 70.3 Å². The second-order valence-corrected chi connectivity index (χ2v) is 12.1. The molecule has 2 aliphatic heterocycles. The van der Waals surface area contributed by atoms with Crippen LogP contribution in [0.3, 0.4) is 0 Å². The Morgan fingerprint density at radius 3 is 2.04 bits per heavy atom. The Morgan fingerprint density at radius 1 is 0.844 bits per heavy atom. The van der Waals surface area contributed by atoms with Crippen molar-refractivity contribution in [2.45, 2.75) is 64.7 Å². The number of carbonyl (C=O) groups is 5. The molecule has 0 saturated carbocycles. The van der Waals surface area contributed by atoms with E-state index in [4.69, 9.17) is 27.2 Å². The highest BCUT2D eigenvalue weighted by Gasteiger charge is 2.42. The molecule has 3 amide bonds. The van der Waals surface area contributed by atoms with Gasteiger partial charge in [-0.25, -0.2) is 4.39 Å². The van der Waals surface area contributed by atoms with Gasteiger partial charge in [-0.1, -0.05) is 80.7 Å². The number of anilines is 2. The number of thiocarbonyl (C=S) groups is 1. The van der Waals surface area contributed by atoms with Crippen molar-refractivity contribution in [3.63, 3.8) is 0 Å². The fourth-order valence-electron chi connectivity index (χ4n) is 4.88. The summed E-state index contributed by atoms with van der Waals surface area (Å²) in [5, 5.41) is 18.8. The van der Waals surface area contributed by atoms with Crippen molar-refractivity contribution in [3.8, 4) is 0 Å². The number of unbranched alkanes of at least 4 members (excludes halogenated alkanes) is 7. The van der Waals surface area contributed by atoms with E-state index in [1.165, 1.54) is 29.2 Å². The van der Waals surface area contributed by atoms with Crippen LogP contribution in [-0.2, 0) is 24.0 Å². The maximum atomic E-state index is 13.6. The molecule has 2 aromatic carbocycles. The number of carboxylic acid groups (broad SMARTS) is 2. The van der Waals surface area contributed by atoms with E-state index in [0.717, 1.165) is 63.6 Å². The number of nitrogens with one attached hydrogen (secondary N) is 1. The molecule has 0 radical (unpaired) electrons. The van der Waals surface area contributed by atoms with E-state index in [-0.39, 0.29) is 29.4 Å². The molecule has 240 valence electrons. The summed E-state index contributed by atoms with van der Waals surface area (Å²) < 4.78 is 13.6. The first-order chi connectivity index (χ1) is 21.5. The number of hydrogen-bond acceptors (Lipinski definition) is 7. The minimum Gasteiger partial charge on any atom is -0.481 e. The lowest BCUT2D eigenvalue weighted by Crippen LogP contribution is -2.35. The van der Waals surface area contributed by atoms with Gasteiger partial charge in [-0.3, -0.25) is 33.8 Å². The smallest absolute Gasteiger partial charge is 0.303 e. The monoisotopic (exact) mass is 657 g/mol. The van der Waals surface area contributed by atoms with Crippen LogP contribution >= 0.6 is 24.0 Å². The predicted octanol–water partition coefficient (Wildman–Crippen LogP) is 6.07. The van der Waals surface area contributed by atoms with Gasteiger partial charge in [0, 0.05) is 31.1 Å². The lowest BCUT2D eigenvalue weighted by atomic mass is 10.1. The van der Waals surface area contributed by atoms with Gasteiger partial charge >= 0.3 is 5.97 Å². The molecule has 13 heteroatoms. The summed E-state index contributed by atoms with van der Waals surface area (Å²) in [5.41, 5.74) is 1.78. The molecule has 1 fully saturated rings. The number of benzene rings is 2. The third-order valence-corrected chi connectivity index (χ3v) is 8.40. The van der Waals surface area contributed by atoms with Gasteiger partial charge in [0.25, 0.3) is 17.8 Å². The predicted molar refractivity (Wildman–Crippen MR) is 175 cm³/mol. The number of hydrogen-bond donors (Lipinski definition) is 3. The number of nitrogens with zero attached hydrogens (tertiary/aromatic N) is 2. The van der Waals surface area contributed by atoms with Crippen LogP contribution in [-0.4, -0.2) is 62.2 Å². The summed E-state index contributed by atoms with van der Waals surface area (Å²) in [7, 11) is 0. The molecule has 10 nitrogen and oxygen atoms in total. The summed E-state index contributed by atoms with van der Waals surface area (Å²) in [6.07, 6.45) is 7.76. The standard InChI is InChI=1S/C30H32FN3O5S2.C2H4O2/c31-20-14-16-21(17-15-20)32-24(35)19-34-23-12-9-8-11-22(23)26(28(34)38)27-29(39)33(30(40)41-27)18-10-6-4-2-1-3-5-7-13-25(36)37;1-2(3)4/h8-9,11-12,14-17H,1-7,10,13,18-19H2,(H,32,35)(H,36,37);1H3,(H,3,4)/b27-26-;. The zero-order valence-electron chi connectivity index (χ0n) is 24.9. The molecule has 1 saturated heterocycles. The van der Waals surface area contributed by atoms with E-state index < -0.39 is 29.6 Å². The molecule has 0 unspecified atom stereocenters. The maximum Gasteiger partial charge on any atom is 0.303 e. The highest BCUT2D eigenvalue weighted by atomic mass is 32.2. The van der Waals surface area contributed by atoms with Gasteiger partial charge in [0.2, 0.25) is 5.91 Å². The first-order valence-corrected chi connectivity index (χ1v) is 15.9. The van der Waals surface area contributed by atoms with Crippen LogP contribution in [0.2, 0.25) is 0 Å². The molecule has 45 heavy (non-hydrogen) atoms. The molecule has 2 aliphatic rings. The molecule has 0 aliphatic carbocycles. The average Bonchev–Trinajstić information content (AvgIpc) is 3.41. The zero-order chi connectivity index (χ0) is 32.9. The Morgan fingerprint density at radius 2 is 1.42 bits per heavy atom. The van der Waals surface area contributed by atoms with E-state index in [2.05, 4.69) is 5.32 Å².